The fourth-order valence-corrected chi connectivity index (χ4v) is 1.61. The molecule has 0 aliphatic rings. The van der Waals surface area contributed by atoms with Crippen LogP contribution in [0.25, 0.3) is 0 Å². The molecule has 0 aliphatic carbocycles. The number of rotatable bonds is 7. The highest BCUT2D eigenvalue weighted by Crippen LogP contribution is 2.17. The molecule has 21 heavy (non-hydrogen) atoms. The molecule has 3 N–H and O–H groups in total. The number of carbonyl (C=O) groups is 1. The Morgan fingerprint density at radius 1 is 1.24 bits per heavy atom. The first-order valence-electron chi connectivity index (χ1n) is 7.41. The van der Waals surface area contributed by atoms with Crippen molar-refractivity contribution >= 4 is 11.7 Å². The number of hydrogen-bond acceptors (Lipinski definition) is 3. The third-order valence-corrected chi connectivity index (χ3v) is 3.52. The molecule has 1 aromatic rings. The Morgan fingerprint density at radius 2 is 1.86 bits per heavy atom. The molecule has 0 spiro atoms. The third-order valence-electron chi connectivity index (χ3n) is 3.52. The summed E-state index contributed by atoms with van der Waals surface area (Å²) in [5.74, 6) is 0.805. The Kier molecular flexibility index (Phi) is 7.02. The van der Waals surface area contributed by atoms with Crippen LogP contribution in [0.15, 0.2) is 24.3 Å². The van der Waals surface area contributed by atoms with Crippen LogP contribution in [0.1, 0.15) is 34.1 Å². The quantitative estimate of drug-likeness (QED) is 0.724. The van der Waals surface area contributed by atoms with Gasteiger partial charge in [0.2, 0.25) is 0 Å². The minimum atomic E-state index is -0.279. The SMILES string of the molecule is CC[C@H](C)Oc1ccc(NC(=O)N[C@H](C)[C@H](C)CO)cc1. The molecule has 5 heteroatoms. The van der Waals surface area contributed by atoms with E-state index in [-0.39, 0.29) is 30.7 Å². The van der Waals surface area contributed by atoms with E-state index >= 15 is 0 Å². The number of nitrogens with one attached hydrogen (secondary N) is 2. The van der Waals surface area contributed by atoms with E-state index in [2.05, 4.69) is 17.6 Å². The van der Waals surface area contributed by atoms with Crippen LogP contribution in [0.2, 0.25) is 0 Å². The maximum absolute atomic E-state index is 11.8. The second-order valence-corrected chi connectivity index (χ2v) is 5.41. The highest BCUT2D eigenvalue weighted by Gasteiger charge is 2.13. The van der Waals surface area contributed by atoms with E-state index in [0.717, 1.165) is 12.2 Å². The average molecular weight is 294 g/mol. The molecule has 0 heterocycles. The summed E-state index contributed by atoms with van der Waals surface area (Å²) in [4.78, 5) is 11.8. The summed E-state index contributed by atoms with van der Waals surface area (Å²) in [5, 5.41) is 14.6. The zero-order valence-corrected chi connectivity index (χ0v) is 13.2. The van der Waals surface area contributed by atoms with Crippen LogP contribution in [-0.2, 0) is 0 Å². The number of aliphatic hydroxyl groups excluding tert-OH is 1. The molecule has 1 aromatic carbocycles. The Bertz CT molecular complexity index is 434. The Morgan fingerprint density at radius 3 is 2.38 bits per heavy atom. The molecule has 0 radical (unpaired) electrons. The molecule has 0 fully saturated rings. The zero-order valence-electron chi connectivity index (χ0n) is 13.2. The predicted molar refractivity (Wildman–Crippen MR) is 84.7 cm³/mol. The van der Waals surface area contributed by atoms with E-state index in [1.807, 2.05) is 32.9 Å². The lowest BCUT2D eigenvalue weighted by Gasteiger charge is -2.19. The minimum Gasteiger partial charge on any atom is -0.491 e. The lowest BCUT2D eigenvalue weighted by atomic mass is 10.1. The number of urea groups is 1. The van der Waals surface area contributed by atoms with Gasteiger partial charge in [-0.05, 0) is 50.5 Å². The van der Waals surface area contributed by atoms with Gasteiger partial charge in [0.15, 0.2) is 0 Å². The predicted octanol–water partition coefficient (Wildman–Crippen LogP) is 3.00. The van der Waals surface area contributed by atoms with Crippen molar-refractivity contribution in [3.63, 3.8) is 0 Å². The summed E-state index contributed by atoms with van der Waals surface area (Å²) >= 11 is 0. The molecule has 118 valence electrons. The van der Waals surface area contributed by atoms with E-state index in [1.165, 1.54) is 0 Å². The number of amides is 2. The van der Waals surface area contributed by atoms with Gasteiger partial charge in [-0.15, -0.1) is 0 Å². The Hall–Kier alpha value is -1.75. The van der Waals surface area contributed by atoms with E-state index in [0.29, 0.717) is 5.69 Å². The van der Waals surface area contributed by atoms with Gasteiger partial charge in [0, 0.05) is 18.3 Å². The van der Waals surface area contributed by atoms with Gasteiger partial charge in [-0.3, -0.25) is 0 Å². The van der Waals surface area contributed by atoms with Crippen LogP contribution >= 0.6 is 0 Å². The van der Waals surface area contributed by atoms with Crippen molar-refractivity contribution in [3.8, 4) is 5.75 Å². The highest BCUT2D eigenvalue weighted by atomic mass is 16.5. The monoisotopic (exact) mass is 294 g/mol. The number of hydrogen-bond donors (Lipinski definition) is 3. The first-order chi connectivity index (χ1) is 9.96. The maximum Gasteiger partial charge on any atom is 0.319 e. The summed E-state index contributed by atoms with van der Waals surface area (Å²) < 4.78 is 5.68. The van der Waals surface area contributed by atoms with Gasteiger partial charge in [0.25, 0.3) is 0 Å². The number of aliphatic hydroxyl groups is 1. The third kappa shape index (κ3) is 6.04. The van der Waals surface area contributed by atoms with E-state index in [1.54, 1.807) is 12.1 Å². The van der Waals surface area contributed by atoms with Crippen LogP contribution in [0.5, 0.6) is 5.75 Å². The average Bonchev–Trinajstić information content (AvgIpc) is 2.48. The molecule has 0 saturated carbocycles. The van der Waals surface area contributed by atoms with E-state index in [4.69, 9.17) is 9.84 Å². The first kappa shape index (κ1) is 17.3. The Labute approximate surface area is 126 Å². The normalized spacial score (nSPS) is 14.9. The standard InChI is InChI=1S/C16H26N2O3/c1-5-12(3)21-15-8-6-14(7-9-15)18-16(20)17-13(4)11(2)10-19/h6-9,11-13,19H,5,10H2,1-4H3,(H2,17,18,20)/t11-,12+,13-/m1/s1. The second kappa shape index (κ2) is 8.52. The van der Waals surface area contributed by atoms with Gasteiger partial charge in [0.1, 0.15) is 5.75 Å². The fraction of sp³-hybridized carbons (Fsp3) is 0.562. The smallest absolute Gasteiger partial charge is 0.319 e. The number of carbonyl (C=O) groups excluding carboxylic acids is 1. The first-order valence-corrected chi connectivity index (χ1v) is 7.41. The fourth-order valence-electron chi connectivity index (χ4n) is 1.61. The largest absolute Gasteiger partial charge is 0.491 e. The topological polar surface area (TPSA) is 70.6 Å². The van der Waals surface area contributed by atoms with E-state index in [9.17, 15) is 4.79 Å². The van der Waals surface area contributed by atoms with Gasteiger partial charge in [0.05, 0.1) is 6.10 Å². The lowest BCUT2D eigenvalue weighted by Crippen LogP contribution is -2.40. The van der Waals surface area contributed by atoms with E-state index < -0.39 is 0 Å². The molecule has 0 bridgehead atoms. The highest BCUT2D eigenvalue weighted by molar-refractivity contribution is 5.89. The Balaban J connectivity index is 2.50. The van der Waals surface area contributed by atoms with Crippen LogP contribution in [-0.4, -0.2) is 29.9 Å². The molecule has 5 nitrogen and oxygen atoms in total. The van der Waals surface area contributed by atoms with Crippen molar-refractivity contribution in [3.05, 3.63) is 24.3 Å². The molecule has 0 saturated heterocycles. The number of benzene rings is 1. The molecular formula is C16H26N2O3. The van der Waals surface area contributed by atoms with Crippen LogP contribution < -0.4 is 15.4 Å². The van der Waals surface area contributed by atoms with Crippen molar-refractivity contribution < 1.29 is 14.6 Å². The zero-order chi connectivity index (χ0) is 15.8. The van der Waals surface area contributed by atoms with Gasteiger partial charge in [-0.2, -0.15) is 0 Å². The molecule has 0 unspecified atom stereocenters. The van der Waals surface area contributed by atoms with Crippen molar-refractivity contribution in [2.75, 3.05) is 11.9 Å². The molecular weight excluding hydrogens is 268 g/mol. The number of ether oxygens (including phenoxy) is 1. The minimum absolute atomic E-state index is 0.0158. The van der Waals surface area contributed by atoms with Crippen LogP contribution in [0, 0.1) is 5.92 Å². The van der Waals surface area contributed by atoms with Crippen molar-refractivity contribution in [1.82, 2.24) is 5.32 Å². The molecule has 1 rings (SSSR count). The van der Waals surface area contributed by atoms with Gasteiger partial charge in [-0.25, -0.2) is 4.79 Å². The van der Waals surface area contributed by atoms with Gasteiger partial charge in [-0.1, -0.05) is 13.8 Å². The van der Waals surface area contributed by atoms with Crippen LogP contribution in [0.4, 0.5) is 10.5 Å². The van der Waals surface area contributed by atoms with Crippen molar-refractivity contribution in [2.45, 2.75) is 46.3 Å². The summed E-state index contributed by atoms with van der Waals surface area (Å²) in [7, 11) is 0. The summed E-state index contributed by atoms with van der Waals surface area (Å²) in [5.41, 5.74) is 0.702. The number of anilines is 1. The van der Waals surface area contributed by atoms with Gasteiger partial charge < -0.3 is 20.5 Å². The summed E-state index contributed by atoms with van der Waals surface area (Å²) in [6.07, 6.45) is 1.12. The van der Waals surface area contributed by atoms with Gasteiger partial charge >= 0.3 is 6.03 Å². The summed E-state index contributed by atoms with van der Waals surface area (Å²) in [6, 6.07) is 6.90. The molecule has 0 aliphatic heterocycles. The summed E-state index contributed by atoms with van der Waals surface area (Å²) in [6.45, 7) is 7.88. The second-order valence-electron chi connectivity index (χ2n) is 5.41. The van der Waals surface area contributed by atoms with Crippen LogP contribution in [0.3, 0.4) is 0 Å². The van der Waals surface area contributed by atoms with Crippen molar-refractivity contribution in [2.24, 2.45) is 5.92 Å². The molecule has 0 aromatic heterocycles. The maximum atomic E-state index is 11.8. The molecule has 3 atom stereocenters. The molecule has 2 amide bonds. The lowest BCUT2D eigenvalue weighted by molar-refractivity contribution is 0.204. The van der Waals surface area contributed by atoms with Crippen molar-refractivity contribution in [1.29, 1.82) is 0 Å².